The molecule has 24 heavy (non-hydrogen) atoms. The van der Waals surface area contributed by atoms with Crippen molar-refractivity contribution >= 4 is 18.3 Å². The van der Waals surface area contributed by atoms with Gasteiger partial charge in [0.2, 0.25) is 5.91 Å². The molecule has 5 nitrogen and oxygen atoms in total. The maximum atomic E-state index is 12.5. The number of hydrogen-bond donors (Lipinski definition) is 1. The van der Waals surface area contributed by atoms with Crippen molar-refractivity contribution in [2.45, 2.75) is 12.6 Å². The Morgan fingerprint density at radius 3 is 2.83 bits per heavy atom. The van der Waals surface area contributed by atoms with E-state index >= 15 is 0 Å². The number of benzene rings is 1. The fourth-order valence-corrected chi connectivity index (χ4v) is 2.79. The molecule has 1 unspecified atom stereocenters. The van der Waals surface area contributed by atoms with E-state index in [0.29, 0.717) is 13.2 Å². The smallest absolute Gasteiger partial charge is 0.249 e. The number of piperazine rings is 1. The minimum absolute atomic E-state index is 0. The molecule has 1 aliphatic heterocycles. The van der Waals surface area contributed by atoms with E-state index in [0.717, 1.165) is 24.2 Å². The van der Waals surface area contributed by atoms with Crippen LogP contribution in [0.3, 0.4) is 0 Å². The SMILES string of the molecule is Cl.O=C(COCc1ccccc1)N1CCNCC1c1cccnc1. The topological polar surface area (TPSA) is 54.5 Å². The summed E-state index contributed by atoms with van der Waals surface area (Å²) in [5.74, 6) is 0.0243. The van der Waals surface area contributed by atoms with Crippen molar-refractivity contribution in [3.8, 4) is 0 Å². The Kier molecular flexibility index (Phi) is 7.18. The van der Waals surface area contributed by atoms with E-state index in [1.54, 1.807) is 6.20 Å². The highest BCUT2D eigenvalue weighted by atomic mass is 35.5. The third-order valence-corrected chi connectivity index (χ3v) is 3.97. The van der Waals surface area contributed by atoms with Gasteiger partial charge in [-0.25, -0.2) is 0 Å². The lowest BCUT2D eigenvalue weighted by atomic mass is 10.1. The number of carbonyl (C=O) groups is 1. The van der Waals surface area contributed by atoms with E-state index in [2.05, 4.69) is 10.3 Å². The van der Waals surface area contributed by atoms with Crippen LogP contribution in [0.4, 0.5) is 0 Å². The molecule has 1 atom stereocenters. The van der Waals surface area contributed by atoms with E-state index in [9.17, 15) is 4.79 Å². The highest BCUT2D eigenvalue weighted by Gasteiger charge is 2.27. The van der Waals surface area contributed by atoms with E-state index < -0.39 is 0 Å². The van der Waals surface area contributed by atoms with Gasteiger partial charge in [0.25, 0.3) is 0 Å². The number of nitrogens with one attached hydrogen (secondary N) is 1. The lowest BCUT2D eigenvalue weighted by molar-refractivity contribution is -0.140. The fraction of sp³-hybridized carbons (Fsp3) is 0.333. The molecule has 1 N–H and O–H groups in total. The normalized spacial score (nSPS) is 17.2. The molecule has 0 saturated carbocycles. The Labute approximate surface area is 148 Å². The molecule has 1 aromatic carbocycles. The summed E-state index contributed by atoms with van der Waals surface area (Å²) >= 11 is 0. The second-order valence-electron chi connectivity index (χ2n) is 5.57. The number of carbonyl (C=O) groups excluding carboxylic acids is 1. The molecule has 1 saturated heterocycles. The van der Waals surface area contributed by atoms with Crippen molar-refractivity contribution in [3.63, 3.8) is 0 Å². The first-order chi connectivity index (χ1) is 11.3. The number of pyridine rings is 1. The minimum Gasteiger partial charge on any atom is -0.367 e. The Morgan fingerprint density at radius 1 is 1.25 bits per heavy atom. The Hall–Kier alpha value is -1.95. The summed E-state index contributed by atoms with van der Waals surface area (Å²) in [6, 6.07) is 13.8. The van der Waals surface area contributed by atoms with Gasteiger partial charge < -0.3 is 15.0 Å². The summed E-state index contributed by atoms with van der Waals surface area (Å²) in [6.07, 6.45) is 3.57. The van der Waals surface area contributed by atoms with Gasteiger partial charge in [0, 0.05) is 32.0 Å². The fourth-order valence-electron chi connectivity index (χ4n) is 2.79. The number of hydrogen-bond acceptors (Lipinski definition) is 4. The minimum atomic E-state index is 0. The van der Waals surface area contributed by atoms with Gasteiger partial charge in [-0.3, -0.25) is 9.78 Å². The molecule has 1 aliphatic rings. The van der Waals surface area contributed by atoms with Gasteiger partial charge in [0.1, 0.15) is 6.61 Å². The Morgan fingerprint density at radius 2 is 2.08 bits per heavy atom. The third-order valence-electron chi connectivity index (χ3n) is 3.97. The van der Waals surface area contributed by atoms with Gasteiger partial charge in [-0.1, -0.05) is 36.4 Å². The first-order valence-electron chi connectivity index (χ1n) is 7.86. The van der Waals surface area contributed by atoms with Gasteiger partial charge in [0.15, 0.2) is 0 Å². The number of ether oxygens (including phenoxy) is 1. The maximum absolute atomic E-state index is 12.5. The van der Waals surface area contributed by atoms with Crippen LogP contribution in [0, 0.1) is 0 Å². The monoisotopic (exact) mass is 347 g/mol. The predicted molar refractivity (Wildman–Crippen MR) is 94.9 cm³/mol. The van der Waals surface area contributed by atoms with Gasteiger partial charge in [-0.2, -0.15) is 0 Å². The van der Waals surface area contributed by atoms with E-state index in [1.807, 2.05) is 53.6 Å². The van der Waals surface area contributed by atoms with Crippen molar-refractivity contribution < 1.29 is 9.53 Å². The third kappa shape index (κ3) is 4.77. The summed E-state index contributed by atoms with van der Waals surface area (Å²) in [4.78, 5) is 18.6. The molecule has 1 fully saturated rings. The van der Waals surface area contributed by atoms with Crippen molar-refractivity contribution in [3.05, 3.63) is 66.0 Å². The largest absolute Gasteiger partial charge is 0.367 e. The molecule has 0 radical (unpaired) electrons. The molecule has 0 aliphatic carbocycles. The zero-order valence-electron chi connectivity index (χ0n) is 13.4. The molecule has 0 spiro atoms. The first kappa shape index (κ1) is 18.4. The van der Waals surface area contributed by atoms with E-state index in [1.165, 1.54) is 0 Å². The molecule has 0 bridgehead atoms. The molecule has 3 rings (SSSR count). The highest BCUT2D eigenvalue weighted by molar-refractivity contribution is 5.85. The van der Waals surface area contributed by atoms with E-state index in [-0.39, 0.29) is 31.0 Å². The second-order valence-corrected chi connectivity index (χ2v) is 5.57. The van der Waals surface area contributed by atoms with Gasteiger partial charge >= 0.3 is 0 Å². The van der Waals surface area contributed by atoms with Crippen LogP contribution in [0.2, 0.25) is 0 Å². The summed E-state index contributed by atoms with van der Waals surface area (Å²) in [5.41, 5.74) is 2.13. The standard InChI is InChI=1S/C18H21N3O2.ClH/c22-18(14-23-13-15-5-2-1-3-6-15)21-10-9-20-12-17(21)16-7-4-8-19-11-16;/h1-8,11,17,20H,9-10,12-14H2;1H. The maximum Gasteiger partial charge on any atom is 0.249 e. The lowest BCUT2D eigenvalue weighted by Gasteiger charge is -2.36. The molecule has 128 valence electrons. The van der Waals surface area contributed by atoms with Crippen LogP contribution in [0.5, 0.6) is 0 Å². The number of aromatic nitrogens is 1. The summed E-state index contributed by atoms with van der Waals surface area (Å²) in [5, 5.41) is 3.34. The van der Waals surface area contributed by atoms with Gasteiger partial charge in [-0.05, 0) is 17.2 Å². The molecule has 2 aromatic rings. The van der Waals surface area contributed by atoms with Crippen LogP contribution in [-0.2, 0) is 16.1 Å². The lowest BCUT2D eigenvalue weighted by Crippen LogP contribution is -2.49. The van der Waals surface area contributed by atoms with Crippen LogP contribution in [0.15, 0.2) is 54.9 Å². The zero-order chi connectivity index (χ0) is 15.9. The summed E-state index contributed by atoms with van der Waals surface area (Å²) in [6.45, 7) is 2.80. The molecule has 2 heterocycles. The summed E-state index contributed by atoms with van der Waals surface area (Å²) < 4.78 is 5.59. The Balaban J connectivity index is 0.00000208. The predicted octanol–water partition coefficient (Wildman–Crippen LogP) is 2.19. The molecule has 6 heteroatoms. The number of amides is 1. The van der Waals surface area contributed by atoms with Crippen LogP contribution in [0.1, 0.15) is 17.2 Å². The average molecular weight is 348 g/mol. The zero-order valence-corrected chi connectivity index (χ0v) is 14.2. The van der Waals surface area contributed by atoms with E-state index in [4.69, 9.17) is 4.74 Å². The van der Waals surface area contributed by atoms with Gasteiger partial charge in [-0.15, -0.1) is 12.4 Å². The molecular weight excluding hydrogens is 326 g/mol. The molecular formula is C18H22ClN3O2. The van der Waals surface area contributed by atoms with Crippen LogP contribution >= 0.6 is 12.4 Å². The highest BCUT2D eigenvalue weighted by Crippen LogP contribution is 2.21. The Bertz CT molecular complexity index is 625. The first-order valence-corrected chi connectivity index (χ1v) is 7.86. The van der Waals surface area contributed by atoms with Crippen molar-refractivity contribution in [2.75, 3.05) is 26.2 Å². The number of nitrogens with zero attached hydrogens (tertiary/aromatic N) is 2. The second kappa shape index (κ2) is 9.37. The van der Waals surface area contributed by atoms with Crippen molar-refractivity contribution in [2.24, 2.45) is 0 Å². The van der Waals surface area contributed by atoms with Crippen molar-refractivity contribution in [1.29, 1.82) is 0 Å². The van der Waals surface area contributed by atoms with Crippen LogP contribution in [-0.4, -0.2) is 42.0 Å². The average Bonchev–Trinajstić information content (AvgIpc) is 2.63. The number of halogens is 1. The van der Waals surface area contributed by atoms with Crippen molar-refractivity contribution in [1.82, 2.24) is 15.2 Å². The molecule has 1 aromatic heterocycles. The quantitative estimate of drug-likeness (QED) is 0.900. The summed E-state index contributed by atoms with van der Waals surface area (Å²) in [7, 11) is 0. The molecule has 1 amide bonds. The van der Waals surface area contributed by atoms with Gasteiger partial charge in [0.05, 0.1) is 12.6 Å². The van der Waals surface area contributed by atoms with Crippen LogP contribution < -0.4 is 5.32 Å². The van der Waals surface area contributed by atoms with Crippen LogP contribution in [0.25, 0.3) is 0 Å². The number of rotatable bonds is 5.